The molecule has 0 amide bonds. The third-order valence-corrected chi connectivity index (χ3v) is 7.93. The maximum absolute atomic E-state index is 6.87. The van der Waals surface area contributed by atoms with E-state index in [0.29, 0.717) is 39.6 Å². The topological polar surface area (TPSA) is 55.4 Å². The summed E-state index contributed by atoms with van der Waals surface area (Å²) in [4.78, 5) is 0. The summed E-state index contributed by atoms with van der Waals surface area (Å²) < 4.78 is 39.8. The molecular weight excluding hydrogens is 552 g/mol. The monoisotopic (exact) mass is 592 g/mol. The Bertz CT molecular complexity index is 1450. The fraction of sp³-hybridized carbons (Fsp3) is 0.316. The van der Waals surface area contributed by atoms with Gasteiger partial charge in [0.05, 0.1) is 39.6 Å². The van der Waals surface area contributed by atoms with E-state index in [-0.39, 0.29) is 0 Å². The minimum absolute atomic E-state index is 0.295. The summed E-state index contributed by atoms with van der Waals surface area (Å²) in [6.45, 7) is 4.40. The molecule has 1 fully saturated rings. The Kier molecular flexibility index (Phi) is 10.3. The van der Waals surface area contributed by atoms with Gasteiger partial charge in [0.15, 0.2) is 0 Å². The molecule has 0 N–H and O–H groups in total. The molecule has 0 radical (unpaired) electrons. The van der Waals surface area contributed by atoms with Gasteiger partial charge in [-0.3, -0.25) is 0 Å². The van der Waals surface area contributed by atoms with Crippen molar-refractivity contribution in [3.05, 3.63) is 155 Å². The molecule has 0 aromatic heterocycles. The molecule has 6 heteroatoms. The van der Waals surface area contributed by atoms with Gasteiger partial charge >= 0.3 is 0 Å². The maximum Gasteiger partial charge on any atom is 0.218 e. The van der Waals surface area contributed by atoms with E-state index in [2.05, 4.69) is 48.5 Å². The van der Waals surface area contributed by atoms with Crippen LogP contribution in [0.1, 0.15) is 29.2 Å². The Morgan fingerprint density at radius 1 is 0.591 bits per heavy atom. The summed E-state index contributed by atoms with van der Waals surface area (Å²) in [6.07, 6.45) is -0.0705. The third kappa shape index (κ3) is 7.71. The molecule has 0 aliphatic carbocycles. The normalized spacial score (nSPS) is 24.8. The van der Waals surface area contributed by atoms with Crippen LogP contribution >= 0.6 is 0 Å². The minimum Gasteiger partial charge on any atom is -0.374 e. The van der Waals surface area contributed by atoms with Gasteiger partial charge < -0.3 is 28.4 Å². The van der Waals surface area contributed by atoms with Crippen molar-refractivity contribution >= 4 is 0 Å². The second-order valence-electron chi connectivity index (χ2n) is 11.4. The first kappa shape index (κ1) is 30.4. The predicted molar refractivity (Wildman–Crippen MR) is 168 cm³/mol. The van der Waals surface area contributed by atoms with E-state index in [4.69, 9.17) is 28.4 Å². The van der Waals surface area contributed by atoms with Crippen LogP contribution in [-0.2, 0) is 54.8 Å². The van der Waals surface area contributed by atoms with Crippen molar-refractivity contribution in [1.29, 1.82) is 0 Å². The first-order chi connectivity index (χ1) is 21.7. The zero-order valence-corrected chi connectivity index (χ0v) is 25.1. The lowest BCUT2D eigenvalue weighted by Crippen LogP contribution is -2.66. The fourth-order valence-electron chi connectivity index (χ4n) is 5.75. The van der Waals surface area contributed by atoms with Gasteiger partial charge in [0.1, 0.15) is 24.4 Å². The highest BCUT2D eigenvalue weighted by Gasteiger charge is 2.58. The quantitative estimate of drug-likeness (QED) is 0.155. The molecule has 5 atom stereocenters. The lowest BCUT2D eigenvalue weighted by molar-refractivity contribution is -0.357. The average molecular weight is 593 g/mol. The van der Waals surface area contributed by atoms with Gasteiger partial charge in [0, 0.05) is 0 Å². The predicted octanol–water partition coefficient (Wildman–Crippen LogP) is 7.03. The van der Waals surface area contributed by atoms with Crippen LogP contribution in [0.25, 0.3) is 0 Å². The van der Waals surface area contributed by atoms with E-state index in [1.165, 1.54) is 0 Å². The zero-order valence-electron chi connectivity index (χ0n) is 25.1. The Morgan fingerprint density at radius 3 is 1.52 bits per heavy atom. The summed E-state index contributed by atoms with van der Waals surface area (Å²) in [5.41, 5.74) is 5.35. The number of benzene rings is 4. The first-order valence-electron chi connectivity index (χ1n) is 15.3. The number of hydrogen-bond acceptors (Lipinski definition) is 6. The Morgan fingerprint density at radius 2 is 1.05 bits per heavy atom. The van der Waals surface area contributed by atoms with Crippen molar-refractivity contribution in [1.82, 2.24) is 0 Å². The maximum atomic E-state index is 6.87. The summed E-state index contributed by atoms with van der Waals surface area (Å²) in [5.74, 6) is -1.15. The Hall–Kier alpha value is -3.62. The van der Waals surface area contributed by atoms with Crippen molar-refractivity contribution in [3.8, 4) is 0 Å². The summed E-state index contributed by atoms with van der Waals surface area (Å²) in [5, 5.41) is 0. The largest absolute Gasteiger partial charge is 0.374 e. The Balaban J connectivity index is 1.32. The van der Waals surface area contributed by atoms with Crippen molar-refractivity contribution < 1.29 is 28.4 Å². The SMILES string of the molecule is CC1=C[C@@]2(OC1)O[C@H](COCc1ccccc1)[C@@H](OCc1ccccc1)[C@H](OCc1ccccc1)[C@H]2OCc1ccccc1. The van der Waals surface area contributed by atoms with E-state index in [9.17, 15) is 0 Å². The molecule has 2 aliphatic rings. The molecule has 2 aliphatic heterocycles. The van der Waals surface area contributed by atoms with Crippen molar-refractivity contribution in [2.24, 2.45) is 0 Å². The van der Waals surface area contributed by atoms with Crippen LogP contribution in [0.5, 0.6) is 0 Å². The van der Waals surface area contributed by atoms with Gasteiger partial charge in [-0.05, 0) is 40.8 Å². The number of hydrogen-bond donors (Lipinski definition) is 0. The number of rotatable bonds is 13. The molecule has 44 heavy (non-hydrogen) atoms. The minimum atomic E-state index is -1.15. The Labute approximate surface area is 260 Å². The van der Waals surface area contributed by atoms with Crippen LogP contribution in [-0.4, -0.2) is 43.4 Å². The smallest absolute Gasteiger partial charge is 0.218 e. The van der Waals surface area contributed by atoms with Crippen LogP contribution in [0.15, 0.2) is 133 Å². The van der Waals surface area contributed by atoms with Gasteiger partial charge in [-0.25, -0.2) is 0 Å². The summed E-state index contributed by atoms with van der Waals surface area (Å²) in [6, 6.07) is 40.6. The second-order valence-corrected chi connectivity index (χ2v) is 11.4. The highest BCUT2D eigenvalue weighted by Crippen LogP contribution is 2.42. The van der Waals surface area contributed by atoms with Gasteiger partial charge in [-0.2, -0.15) is 0 Å². The molecule has 0 bridgehead atoms. The van der Waals surface area contributed by atoms with E-state index < -0.39 is 30.2 Å². The summed E-state index contributed by atoms with van der Waals surface area (Å²) in [7, 11) is 0. The average Bonchev–Trinajstić information content (AvgIpc) is 3.44. The lowest BCUT2D eigenvalue weighted by Gasteiger charge is -2.50. The van der Waals surface area contributed by atoms with Crippen molar-refractivity contribution in [2.45, 2.75) is 63.6 Å². The van der Waals surface area contributed by atoms with Gasteiger partial charge in [0.2, 0.25) is 5.79 Å². The van der Waals surface area contributed by atoms with E-state index in [1.807, 2.05) is 85.8 Å². The molecule has 6 rings (SSSR count). The van der Waals surface area contributed by atoms with Crippen LogP contribution in [0.3, 0.4) is 0 Å². The second kappa shape index (κ2) is 14.9. The van der Waals surface area contributed by atoms with Gasteiger partial charge in [-0.15, -0.1) is 0 Å². The van der Waals surface area contributed by atoms with Crippen molar-refractivity contribution in [3.63, 3.8) is 0 Å². The summed E-state index contributed by atoms with van der Waals surface area (Å²) >= 11 is 0. The van der Waals surface area contributed by atoms with Gasteiger partial charge in [-0.1, -0.05) is 121 Å². The fourth-order valence-corrected chi connectivity index (χ4v) is 5.75. The van der Waals surface area contributed by atoms with E-state index in [0.717, 1.165) is 27.8 Å². The van der Waals surface area contributed by atoms with Crippen LogP contribution in [0, 0.1) is 0 Å². The standard InChI is InChI=1S/C38H40O6/c1-29-22-38(43-23-29)37(42-27-33-20-12-5-13-21-33)36(41-26-32-18-10-4-11-19-32)35(40-25-31-16-8-3-9-17-31)34(44-38)28-39-24-30-14-6-2-7-15-30/h2-22,34-37H,23-28H2,1H3/t34-,35-,36+,37-,38-/m1/s1. The molecule has 4 aromatic rings. The molecule has 6 nitrogen and oxygen atoms in total. The lowest BCUT2D eigenvalue weighted by atomic mass is 9.91. The highest BCUT2D eigenvalue weighted by atomic mass is 16.7. The molecule has 228 valence electrons. The van der Waals surface area contributed by atoms with Crippen LogP contribution in [0.2, 0.25) is 0 Å². The third-order valence-electron chi connectivity index (χ3n) is 7.93. The van der Waals surface area contributed by atoms with E-state index >= 15 is 0 Å². The molecule has 0 saturated carbocycles. The molecule has 0 unspecified atom stereocenters. The zero-order chi connectivity index (χ0) is 30.0. The van der Waals surface area contributed by atoms with E-state index in [1.54, 1.807) is 0 Å². The number of ether oxygens (including phenoxy) is 6. The van der Waals surface area contributed by atoms with Crippen molar-refractivity contribution in [2.75, 3.05) is 13.2 Å². The molecule has 2 heterocycles. The molecular formula is C38H40O6. The van der Waals surface area contributed by atoms with Crippen LogP contribution < -0.4 is 0 Å². The molecule has 4 aromatic carbocycles. The van der Waals surface area contributed by atoms with Crippen LogP contribution in [0.4, 0.5) is 0 Å². The van der Waals surface area contributed by atoms with Gasteiger partial charge in [0.25, 0.3) is 0 Å². The molecule has 1 spiro atoms. The highest BCUT2D eigenvalue weighted by molar-refractivity contribution is 5.21. The molecule has 1 saturated heterocycles. The first-order valence-corrected chi connectivity index (χ1v) is 15.3.